The average Bonchev–Trinajstić information content (AvgIpc) is 0.935. The van der Waals surface area contributed by atoms with Crippen LogP contribution in [-0.2, 0) is 24.9 Å². The van der Waals surface area contributed by atoms with Crippen molar-refractivity contribution in [3.05, 3.63) is 167 Å². The Bertz CT molecular complexity index is 4620. The van der Waals surface area contributed by atoms with E-state index in [1.165, 1.54) is 30.5 Å². The third-order valence-electron chi connectivity index (χ3n) is 21.0. The van der Waals surface area contributed by atoms with Crippen LogP contribution in [0.1, 0.15) is 124 Å². The fourth-order valence-corrected chi connectivity index (χ4v) is 14.9. The summed E-state index contributed by atoms with van der Waals surface area (Å²) in [4.78, 5) is 74.9. The minimum Gasteiger partial charge on any atom is -0.493 e. The number of anilines is 8. The summed E-state index contributed by atoms with van der Waals surface area (Å²) in [5.41, 5.74) is 6.82. The number of carbonyl (C=O) groups is 3. The Morgan fingerprint density at radius 3 is 1.53 bits per heavy atom. The molecule has 0 radical (unpaired) electrons. The Morgan fingerprint density at radius 1 is 0.546 bits per heavy atom. The Hall–Kier alpha value is -10.2. The molecule has 19 nitrogen and oxygen atoms in total. The predicted molar refractivity (Wildman–Crippen MR) is 399 cm³/mol. The minimum atomic E-state index is -4.48. The molecule has 8 aromatic rings. The maximum atomic E-state index is 13.7. The van der Waals surface area contributed by atoms with Gasteiger partial charge in [0.1, 0.15) is 17.4 Å². The Labute approximate surface area is 620 Å². The van der Waals surface area contributed by atoms with Gasteiger partial charge in [-0.2, -0.15) is 39.5 Å². The minimum absolute atomic E-state index is 0.00356. The van der Waals surface area contributed by atoms with Crippen molar-refractivity contribution in [2.45, 2.75) is 155 Å². The molecular formula is C80H87F9N14O5. The van der Waals surface area contributed by atoms with Crippen LogP contribution in [0.3, 0.4) is 0 Å². The van der Waals surface area contributed by atoms with Gasteiger partial charge in [-0.25, -0.2) is 39.3 Å². The second-order valence-corrected chi connectivity index (χ2v) is 29.2. The molecule has 4 aromatic carbocycles. The van der Waals surface area contributed by atoms with E-state index in [2.05, 4.69) is 59.4 Å². The van der Waals surface area contributed by atoms with Crippen LogP contribution in [0.5, 0.6) is 5.75 Å². The summed E-state index contributed by atoms with van der Waals surface area (Å²) >= 11 is 0. The first-order chi connectivity index (χ1) is 51.6. The molecule has 6 bridgehead atoms. The number of nitrogens with one attached hydrogen (secondary N) is 3. The molecule has 3 saturated heterocycles. The third-order valence-corrected chi connectivity index (χ3v) is 21.0. The van der Waals surface area contributed by atoms with Gasteiger partial charge in [-0.05, 0) is 179 Å². The lowest BCUT2D eigenvalue weighted by Gasteiger charge is -2.47. The number of ether oxygens (including phenoxy) is 1. The number of aryl methyl sites for hydroxylation is 4. The van der Waals surface area contributed by atoms with Crippen LogP contribution in [0.4, 0.5) is 99.8 Å². The van der Waals surface area contributed by atoms with E-state index in [-0.39, 0.29) is 48.8 Å². The lowest BCUT2D eigenvalue weighted by atomic mass is 9.92. The van der Waals surface area contributed by atoms with Gasteiger partial charge in [0.2, 0.25) is 0 Å². The molecule has 15 rings (SSSR count). The summed E-state index contributed by atoms with van der Waals surface area (Å²) in [6.07, 6.45) is 1.68. The van der Waals surface area contributed by atoms with E-state index in [9.17, 15) is 59.0 Å². The third kappa shape index (κ3) is 17.0. The topological polar surface area (TPSA) is 201 Å². The molecule has 4 fully saturated rings. The summed E-state index contributed by atoms with van der Waals surface area (Å²) in [6, 6.07) is 25.9. The zero-order chi connectivity index (χ0) is 76.5. The SMILES string of the molecule is CC[C@H](C)CCc1ncc(NC(=O)N2c3nc(-c4cccc(C(F)(F)F)c4)c(C)cc3N3CCC[C@H]2C3)cn1.Cc1cc2c(cc1-c1cccc(C(F)(F)F)c1)N(C(=O)NC1CC1)[C@H]1CCCN2C1.Cc1cc2c(nc1-c1cccc(C(F)(F)F)c1)N(C(=O)Nc1cc(OC[C@H](C)CO)ccn1)[C@H]1CCCN2C1. The molecular weight excluding hydrogens is 1410 g/mol. The number of nitrogens with zero attached hydrogens (tertiary/aromatic N) is 11. The van der Waals surface area contributed by atoms with Gasteiger partial charge in [0.15, 0.2) is 11.6 Å². The molecule has 570 valence electrons. The van der Waals surface area contributed by atoms with Crippen LogP contribution < -0.4 is 50.1 Å². The molecule has 28 heteroatoms. The second-order valence-electron chi connectivity index (χ2n) is 29.2. The molecule has 0 unspecified atom stereocenters. The van der Waals surface area contributed by atoms with Crippen molar-refractivity contribution in [3.63, 3.8) is 0 Å². The van der Waals surface area contributed by atoms with Crippen molar-refractivity contribution in [2.24, 2.45) is 11.8 Å². The predicted octanol–water partition coefficient (Wildman–Crippen LogP) is 17.7. The molecule has 6 aliphatic heterocycles. The number of rotatable bonds is 14. The maximum absolute atomic E-state index is 13.7. The van der Waals surface area contributed by atoms with Gasteiger partial charge in [-0.3, -0.25) is 20.0 Å². The smallest absolute Gasteiger partial charge is 0.416 e. The van der Waals surface area contributed by atoms with E-state index in [0.717, 1.165) is 178 Å². The van der Waals surface area contributed by atoms with E-state index in [0.29, 0.717) is 82.6 Å². The fourth-order valence-electron chi connectivity index (χ4n) is 14.9. The highest BCUT2D eigenvalue weighted by Crippen LogP contribution is 2.47. The van der Waals surface area contributed by atoms with Gasteiger partial charge < -0.3 is 35.2 Å². The quantitative estimate of drug-likeness (QED) is 0.0750. The highest BCUT2D eigenvalue weighted by Gasteiger charge is 2.44. The molecule has 6 amide bonds. The first-order valence-electron chi connectivity index (χ1n) is 36.8. The molecule has 10 heterocycles. The first-order valence-corrected chi connectivity index (χ1v) is 36.8. The number of aliphatic hydroxyl groups is 1. The number of aliphatic hydroxyl groups excluding tert-OH is 1. The van der Waals surface area contributed by atoms with Crippen LogP contribution in [0.2, 0.25) is 0 Å². The molecule has 4 N–H and O–H groups in total. The number of pyridine rings is 3. The molecule has 1 saturated carbocycles. The zero-order valence-corrected chi connectivity index (χ0v) is 60.9. The van der Waals surface area contributed by atoms with Crippen molar-refractivity contribution >= 4 is 64.0 Å². The number of carbonyl (C=O) groups excluding carboxylic acids is 3. The number of alkyl halides is 9. The van der Waals surface area contributed by atoms with Gasteiger partial charge in [-0.1, -0.05) is 63.6 Å². The summed E-state index contributed by atoms with van der Waals surface area (Å²) in [6.45, 7) is 16.8. The van der Waals surface area contributed by atoms with Gasteiger partial charge in [0, 0.05) is 87.6 Å². The van der Waals surface area contributed by atoms with Gasteiger partial charge in [-0.15, -0.1) is 0 Å². The molecule has 1 aliphatic carbocycles. The number of piperidine rings is 3. The van der Waals surface area contributed by atoms with Crippen molar-refractivity contribution in [1.82, 2.24) is 30.2 Å². The van der Waals surface area contributed by atoms with E-state index in [1.54, 1.807) is 52.5 Å². The van der Waals surface area contributed by atoms with Crippen LogP contribution in [-0.4, -0.2) is 125 Å². The average molecular weight is 1500 g/mol. The van der Waals surface area contributed by atoms with Crippen molar-refractivity contribution in [1.29, 1.82) is 0 Å². The second kappa shape index (κ2) is 31.5. The molecule has 4 aromatic heterocycles. The molecule has 0 spiro atoms. The van der Waals surface area contributed by atoms with E-state index < -0.39 is 41.3 Å². The molecule has 7 aliphatic rings. The highest BCUT2D eigenvalue weighted by molar-refractivity contribution is 6.06. The van der Waals surface area contributed by atoms with Crippen molar-refractivity contribution in [3.8, 4) is 39.4 Å². The Morgan fingerprint density at radius 2 is 1.03 bits per heavy atom. The van der Waals surface area contributed by atoms with Crippen LogP contribution in [0.25, 0.3) is 33.6 Å². The Balaban J connectivity index is 0.000000144. The van der Waals surface area contributed by atoms with Crippen LogP contribution >= 0.6 is 0 Å². The maximum Gasteiger partial charge on any atom is 0.416 e. The van der Waals surface area contributed by atoms with Crippen molar-refractivity contribution < 1.29 is 63.7 Å². The number of urea groups is 3. The van der Waals surface area contributed by atoms with Gasteiger partial charge >= 0.3 is 36.6 Å². The first kappa shape index (κ1) is 76.0. The number of benzene rings is 4. The lowest BCUT2D eigenvalue weighted by Crippen LogP contribution is -2.57. The van der Waals surface area contributed by atoms with E-state index >= 15 is 0 Å². The summed E-state index contributed by atoms with van der Waals surface area (Å²) in [7, 11) is 0. The monoisotopic (exact) mass is 1490 g/mol. The van der Waals surface area contributed by atoms with Crippen LogP contribution in [0.15, 0.2) is 128 Å². The normalized spacial score (nSPS) is 18.4. The fraction of sp³-hybridized carbons (Fsp3) is 0.425. The van der Waals surface area contributed by atoms with Crippen LogP contribution in [0, 0.1) is 32.6 Å². The largest absolute Gasteiger partial charge is 0.493 e. The number of hydrogen-bond donors (Lipinski definition) is 4. The van der Waals surface area contributed by atoms with Gasteiger partial charge in [0.25, 0.3) is 0 Å². The van der Waals surface area contributed by atoms with E-state index in [4.69, 9.17) is 14.7 Å². The number of aromatic nitrogens is 5. The van der Waals surface area contributed by atoms with Gasteiger partial charge in [0.05, 0.1) is 93.6 Å². The summed E-state index contributed by atoms with van der Waals surface area (Å²) in [5.74, 6) is 2.94. The number of fused-ring (bicyclic) bond motifs is 12. The number of amides is 6. The standard InChI is InChI=1S/C29H33F3N6O.C28H30F3N5O3.C23H24F3N3O/c1-4-18(2)10-11-25-33-15-22(16-34-25)35-28(39)38-23-9-6-12-37(17-23)24-13-19(3)26(36-27(24)38)20-7-5-8-21(14-20)29(30,31)32;1-17(15-37)16-39-22-8-9-32-24(13-22)33-27(38)36-21-7-4-10-35(14-21)23-11-18(2)25(34-26(23)36)19-5-3-6-20(12-19)28(29,30)31;1-14-10-20-21(12-19(14)15-4-2-5-16(11-15)23(24,25)26)29(22(30)27-17-7-8-17)18-6-3-9-28(20)13-18/h5,7-8,13-16,18,23H,4,6,9-12,17H2,1-3H3,(H,35,39);3,5-6,8-9,11-13,17,21,37H,4,7,10,14-16H2,1-2H3,(H,32,33,38);2,4-5,10-12,17-18H,3,6-9,13H2,1H3,(H,27,30)/t18-,23-;17-,21+;18-/m010/s1. The highest BCUT2D eigenvalue weighted by atomic mass is 19.4. The van der Waals surface area contributed by atoms with E-state index in [1.807, 2.05) is 56.9 Å². The summed E-state index contributed by atoms with van der Waals surface area (Å²) < 4.78 is 126. The van der Waals surface area contributed by atoms with Crippen molar-refractivity contribution in [2.75, 3.05) is 92.5 Å². The molecule has 5 atom stereocenters. The molecule has 108 heavy (non-hydrogen) atoms. The number of halogens is 9. The Kier molecular flexibility index (Phi) is 22.2. The summed E-state index contributed by atoms with van der Waals surface area (Å²) in [5, 5.41) is 18.1. The zero-order valence-electron chi connectivity index (χ0n) is 60.9. The lowest BCUT2D eigenvalue weighted by molar-refractivity contribution is -0.138. The number of hydrogen-bond acceptors (Lipinski definition) is 13.